The number of nitrogens with zero attached hydrogens (tertiary/aromatic N) is 2. The van der Waals surface area contributed by atoms with E-state index in [1.54, 1.807) is 6.92 Å². The number of carbonyl (C=O) groups excluding carboxylic acids is 1. The van der Waals surface area contributed by atoms with E-state index in [1.807, 2.05) is 0 Å². The van der Waals surface area contributed by atoms with Gasteiger partial charge in [0.05, 0.1) is 6.04 Å². The van der Waals surface area contributed by atoms with Gasteiger partial charge >= 0.3 is 0 Å². The number of hydrogen-bond donors (Lipinski definition) is 2. The first-order valence-corrected chi connectivity index (χ1v) is 8.17. The number of benzene rings is 1. The van der Waals surface area contributed by atoms with Crippen molar-refractivity contribution in [3.05, 3.63) is 35.9 Å². The molecule has 22 heavy (non-hydrogen) atoms. The van der Waals surface area contributed by atoms with E-state index in [0.29, 0.717) is 6.54 Å². The summed E-state index contributed by atoms with van der Waals surface area (Å²) < 4.78 is 0. The highest BCUT2D eigenvalue weighted by Crippen LogP contribution is 2.08. The molecule has 0 bridgehead atoms. The van der Waals surface area contributed by atoms with Crippen molar-refractivity contribution in [2.24, 2.45) is 5.73 Å². The van der Waals surface area contributed by atoms with E-state index in [4.69, 9.17) is 5.73 Å². The van der Waals surface area contributed by atoms with Crippen molar-refractivity contribution >= 4 is 5.91 Å². The van der Waals surface area contributed by atoms with Crippen molar-refractivity contribution in [1.82, 2.24) is 15.1 Å². The molecule has 0 saturated carbocycles. The summed E-state index contributed by atoms with van der Waals surface area (Å²) in [4.78, 5) is 16.3. The third-order valence-electron chi connectivity index (χ3n) is 4.08. The van der Waals surface area contributed by atoms with Gasteiger partial charge in [-0.25, -0.2) is 0 Å². The van der Waals surface area contributed by atoms with E-state index in [-0.39, 0.29) is 5.91 Å². The Labute approximate surface area is 133 Å². The van der Waals surface area contributed by atoms with Crippen molar-refractivity contribution in [3.63, 3.8) is 0 Å². The smallest absolute Gasteiger partial charge is 0.236 e. The maximum absolute atomic E-state index is 11.4. The molecular formula is C17H28N4O. The molecule has 1 fully saturated rings. The lowest BCUT2D eigenvalue weighted by molar-refractivity contribution is -0.121. The number of hydrogen-bond acceptors (Lipinski definition) is 4. The van der Waals surface area contributed by atoms with Gasteiger partial charge in [0.1, 0.15) is 0 Å². The van der Waals surface area contributed by atoms with E-state index >= 15 is 0 Å². The van der Waals surface area contributed by atoms with E-state index < -0.39 is 6.04 Å². The maximum atomic E-state index is 11.4. The van der Waals surface area contributed by atoms with E-state index in [2.05, 4.69) is 45.4 Å². The fraction of sp³-hybridized carbons (Fsp3) is 0.588. The summed E-state index contributed by atoms with van der Waals surface area (Å²) in [7, 11) is 0. The first-order chi connectivity index (χ1) is 10.6. The molecule has 2 rings (SSSR count). The van der Waals surface area contributed by atoms with Crippen LogP contribution in [0.2, 0.25) is 0 Å². The predicted molar refractivity (Wildman–Crippen MR) is 89.4 cm³/mol. The van der Waals surface area contributed by atoms with Gasteiger partial charge in [-0.1, -0.05) is 30.3 Å². The highest BCUT2D eigenvalue weighted by molar-refractivity contribution is 5.80. The van der Waals surface area contributed by atoms with Crippen molar-refractivity contribution in [3.8, 4) is 0 Å². The van der Waals surface area contributed by atoms with Crippen LogP contribution in [0.25, 0.3) is 0 Å². The molecule has 1 saturated heterocycles. The summed E-state index contributed by atoms with van der Waals surface area (Å²) in [6.45, 7) is 8.94. The highest BCUT2D eigenvalue weighted by Gasteiger charge is 2.16. The number of nitrogens with two attached hydrogens (primary N) is 1. The Morgan fingerprint density at radius 1 is 1.18 bits per heavy atom. The van der Waals surface area contributed by atoms with Crippen LogP contribution in [0.4, 0.5) is 0 Å². The molecule has 1 aliphatic heterocycles. The zero-order valence-corrected chi connectivity index (χ0v) is 13.5. The Morgan fingerprint density at radius 3 is 2.45 bits per heavy atom. The molecule has 3 N–H and O–H groups in total. The zero-order chi connectivity index (χ0) is 15.8. The quantitative estimate of drug-likeness (QED) is 0.727. The molecule has 0 aliphatic carbocycles. The van der Waals surface area contributed by atoms with Crippen LogP contribution in [-0.4, -0.2) is 61.0 Å². The standard InChI is InChI=1S/C17H28N4O/c1-15(18)17(22)19-8-5-9-20-10-12-21(13-11-20)14-16-6-3-2-4-7-16/h2-4,6-7,15H,5,8-14,18H2,1H3,(H,19,22). The fourth-order valence-electron chi connectivity index (χ4n) is 2.69. The second kappa shape index (κ2) is 8.88. The van der Waals surface area contributed by atoms with Gasteiger partial charge in [-0.3, -0.25) is 9.69 Å². The molecular weight excluding hydrogens is 276 g/mol. The molecule has 1 unspecified atom stereocenters. The minimum atomic E-state index is -0.415. The van der Waals surface area contributed by atoms with Crippen LogP contribution in [0.15, 0.2) is 30.3 Å². The Kier molecular flexibility index (Phi) is 6.83. The van der Waals surface area contributed by atoms with Crippen LogP contribution < -0.4 is 11.1 Å². The average Bonchev–Trinajstić information content (AvgIpc) is 2.53. The van der Waals surface area contributed by atoms with Gasteiger partial charge in [0.15, 0.2) is 0 Å². The van der Waals surface area contributed by atoms with Gasteiger partial charge in [0.25, 0.3) is 0 Å². The van der Waals surface area contributed by atoms with Gasteiger partial charge in [-0.2, -0.15) is 0 Å². The molecule has 0 spiro atoms. The number of rotatable bonds is 7. The molecule has 0 aromatic heterocycles. The molecule has 0 radical (unpaired) electrons. The third-order valence-corrected chi connectivity index (χ3v) is 4.08. The molecule has 5 heteroatoms. The maximum Gasteiger partial charge on any atom is 0.236 e. The third kappa shape index (κ3) is 5.75. The zero-order valence-electron chi connectivity index (χ0n) is 13.5. The molecule has 1 heterocycles. The Balaban J connectivity index is 1.58. The summed E-state index contributed by atoms with van der Waals surface area (Å²) in [5.41, 5.74) is 6.90. The fourth-order valence-corrected chi connectivity index (χ4v) is 2.69. The van der Waals surface area contributed by atoms with Crippen LogP contribution in [0.5, 0.6) is 0 Å². The normalized spacial score (nSPS) is 18.1. The largest absolute Gasteiger partial charge is 0.355 e. The molecule has 1 aromatic carbocycles. The molecule has 1 amide bonds. The van der Waals surface area contributed by atoms with E-state index in [1.165, 1.54) is 5.56 Å². The monoisotopic (exact) mass is 304 g/mol. The van der Waals surface area contributed by atoms with E-state index in [9.17, 15) is 4.79 Å². The first kappa shape index (κ1) is 16.9. The molecule has 122 valence electrons. The minimum absolute atomic E-state index is 0.0623. The lowest BCUT2D eigenvalue weighted by Gasteiger charge is -2.34. The minimum Gasteiger partial charge on any atom is -0.355 e. The number of amides is 1. The Bertz CT molecular complexity index is 441. The van der Waals surface area contributed by atoms with Crippen molar-refractivity contribution < 1.29 is 4.79 Å². The SMILES string of the molecule is CC(N)C(=O)NCCCN1CCN(Cc2ccccc2)CC1. The van der Waals surface area contributed by atoms with Crippen molar-refractivity contribution in [1.29, 1.82) is 0 Å². The van der Waals surface area contributed by atoms with Crippen LogP contribution in [0.3, 0.4) is 0 Å². The van der Waals surface area contributed by atoms with Crippen molar-refractivity contribution in [2.45, 2.75) is 25.9 Å². The summed E-state index contributed by atoms with van der Waals surface area (Å²) in [5.74, 6) is -0.0623. The van der Waals surface area contributed by atoms with Gasteiger partial charge in [-0.05, 0) is 25.5 Å². The molecule has 1 aromatic rings. The highest BCUT2D eigenvalue weighted by atomic mass is 16.2. The first-order valence-electron chi connectivity index (χ1n) is 8.17. The molecule has 1 atom stereocenters. The van der Waals surface area contributed by atoms with Crippen LogP contribution in [0, 0.1) is 0 Å². The summed E-state index contributed by atoms with van der Waals surface area (Å²) in [6.07, 6.45) is 0.983. The van der Waals surface area contributed by atoms with Gasteiger partial charge in [0.2, 0.25) is 5.91 Å². The average molecular weight is 304 g/mol. The number of carbonyl (C=O) groups is 1. The predicted octanol–water partition coefficient (Wildman–Crippen LogP) is 0.658. The second-order valence-corrected chi connectivity index (χ2v) is 6.04. The van der Waals surface area contributed by atoms with E-state index in [0.717, 1.165) is 45.7 Å². The lowest BCUT2D eigenvalue weighted by atomic mass is 10.2. The van der Waals surface area contributed by atoms with Crippen LogP contribution >= 0.6 is 0 Å². The van der Waals surface area contributed by atoms with Crippen LogP contribution in [-0.2, 0) is 11.3 Å². The van der Waals surface area contributed by atoms with Gasteiger partial charge in [0, 0.05) is 39.3 Å². The van der Waals surface area contributed by atoms with Crippen LogP contribution in [0.1, 0.15) is 18.9 Å². The van der Waals surface area contributed by atoms with Crippen molar-refractivity contribution in [2.75, 3.05) is 39.3 Å². The summed E-state index contributed by atoms with van der Waals surface area (Å²) >= 11 is 0. The lowest BCUT2D eigenvalue weighted by Crippen LogP contribution is -2.46. The number of nitrogens with one attached hydrogen (secondary N) is 1. The summed E-state index contributed by atoms with van der Waals surface area (Å²) in [6, 6.07) is 10.2. The topological polar surface area (TPSA) is 61.6 Å². The van der Waals surface area contributed by atoms with Gasteiger partial charge < -0.3 is 16.0 Å². The summed E-state index contributed by atoms with van der Waals surface area (Å²) in [5, 5.41) is 2.86. The Hall–Kier alpha value is -1.43. The molecule has 1 aliphatic rings. The second-order valence-electron chi connectivity index (χ2n) is 6.04. The Morgan fingerprint density at radius 2 is 1.82 bits per heavy atom. The van der Waals surface area contributed by atoms with Gasteiger partial charge in [-0.15, -0.1) is 0 Å². The molecule has 5 nitrogen and oxygen atoms in total. The number of piperazine rings is 1.